The third kappa shape index (κ3) is 3.10. The zero-order chi connectivity index (χ0) is 14.8. The standard InChI is InChI=1S/C17H23FN2O/c1-19-9-3-7-15(19)16-8-4-10-20(16)17(21)12-13-5-2-6-14(18)11-13/h2,5-6,11,15-16H,3-4,7-10,12H2,1H3/t15-,16+/m1/s1. The molecule has 0 spiro atoms. The summed E-state index contributed by atoms with van der Waals surface area (Å²) >= 11 is 0. The first-order valence-electron chi connectivity index (χ1n) is 7.89. The van der Waals surface area contributed by atoms with Crippen molar-refractivity contribution in [2.24, 2.45) is 0 Å². The van der Waals surface area contributed by atoms with Crippen molar-refractivity contribution in [3.63, 3.8) is 0 Å². The number of nitrogens with zero attached hydrogens (tertiary/aromatic N) is 2. The highest BCUT2D eigenvalue weighted by molar-refractivity contribution is 5.79. The Morgan fingerprint density at radius 2 is 2.00 bits per heavy atom. The number of likely N-dealkylation sites (N-methyl/N-ethyl adjacent to an activating group) is 1. The highest BCUT2D eigenvalue weighted by Crippen LogP contribution is 2.29. The fraction of sp³-hybridized carbons (Fsp3) is 0.588. The van der Waals surface area contributed by atoms with Gasteiger partial charge in [0.15, 0.2) is 0 Å². The van der Waals surface area contributed by atoms with E-state index in [4.69, 9.17) is 0 Å². The maximum absolute atomic E-state index is 13.2. The Morgan fingerprint density at radius 3 is 2.71 bits per heavy atom. The van der Waals surface area contributed by atoms with Crippen LogP contribution in [0, 0.1) is 5.82 Å². The number of hydrogen-bond donors (Lipinski definition) is 0. The molecule has 3 nitrogen and oxygen atoms in total. The molecule has 0 saturated carbocycles. The van der Waals surface area contributed by atoms with Gasteiger partial charge in [-0.2, -0.15) is 0 Å². The van der Waals surface area contributed by atoms with Crippen LogP contribution in [-0.4, -0.2) is 47.9 Å². The molecule has 2 fully saturated rings. The minimum absolute atomic E-state index is 0.142. The van der Waals surface area contributed by atoms with Gasteiger partial charge in [-0.15, -0.1) is 0 Å². The van der Waals surface area contributed by atoms with Crippen LogP contribution in [0.3, 0.4) is 0 Å². The molecule has 1 amide bonds. The largest absolute Gasteiger partial charge is 0.338 e. The molecule has 21 heavy (non-hydrogen) atoms. The molecule has 2 atom stereocenters. The number of rotatable bonds is 3. The van der Waals surface area contributed by atoms with Crippen LogP contribution in [0.5, 0.6) is 0 Å². The second-order valence-electron chi connectivity index (χ2n) is 6.29. The lowest BCUT2D eigenvalue weighted by atomic mass is 10.0. The monoisotopic (exact) mass is 290 g/mol. The SMILES string of the molecule is CN1CCC[C@@H]1[C@@H]1CCCN1C(=O)Cc1cccc(F)c1. The summed E-state index contributed by atoms with van der Waals surface area (Å²) < 4.78 is 13.2. The van der Waals surface area contributed by atoms with E-state index in [1.807, 2.05) is 11.0 Å². The van der Waals surface area contributed by atoms with E-state index in [0.29, 0.717) is 18.5 Å². The predicted molar refractivity (Wildman–Crippen MR) is 80.5 cm³/mol. The van der Waals surface area contributed by atoms with Gasteiger partial charge in [0, 0.05) is 18.6 Å². The van der Waals surface area contributed by atoms with Gasteiger partial charge in [0.25, 0.3) is 0 Å². The van der Waals surface area contributed by atoms with Crippen LogP contribution < -0.4 is 0 Å². The molecule has 0 aliphatic carbocycles. The first kappa shape index (κ1) is 14.5. The average molecular weight is 290 g/mol. The Hall–Kier alpha value is -1.42. The van der Waals surface area contributed by atoms with E-state index in [9.17, 15) is 9.18 Å². The molecule has 3 rings (SSSR count). The number of hydrogen-bond acceptors (Lipinski definition) is 2. The van der Waals surface area contributed by atoms with Gasteiger partial charge < -0.3 is 9.80 Å². The van der Waals surface area contributed by atoms with Crippen molar-refractivity contribution in [2.45, 2.75) is 44.2 Å². The summed E-state index contributed by atoms with van der Waals surface area (Å²) in [6.45, 7) is 1.98. The van der Waals surface area contributed by atoms with E-state index in [2.05, 4.69) is 11.9 Å². The van der Waals surface area contributed by atoms with E-state index >= 15 is 0 Å². The Kier molecular flexibility index (Phi) is 4.24. The summed E-state index contributed by atoms with van der Waals surface area (Å²) in [6.07, 6.45) is 4.91. The van der Waals surface area contributed by atoms with Crippen molar-refractivity contribution >= 4 is 5.91 Å². The Bertz CT molecular complexity index is 519. The molecule has 0 aromatic heterocycles. The first-order valence-corrected chi connectivity index (χ1v) is 7.89. The van der Waals surface area contributed by atoms with Crippen molar-refractivity contribution in [3.8, 4) is 0 Å². The third-order valence-electron chi connectivity index (χ3n) is 4.88. The van der Waals surface area contributed by atoms with Gasteiger partial charge in [-0.05, 0) is 57.0 Å². The van der Waals surface area contributed by atoms with Crippen molar-refractivity contribution in [2.75, 3.05) is 20.1 Å². The lowest BCUT2D eigenvalue weighted by Gasteiger charge is -2.33. The molecule has 1 aromatic rings. The zero-order valence-electron chi connectivity index (χ0n) is 12.6. The van der Waals surface area contributed by atoms with Gasteiger partial charge in [0.05, 0.1) is 6.42 Å². The second kappa shape index (κ2) is 6.14. The normalized spacial score (nSPS) is 26.5. The summed E-state index contributed by atoms with van der Waals surface area (Å²) in [5.74, 6) is -0.128. The molecule has 2 saturated heterocycles. The van der Waals surface area contributed by atoms with Crippen molar-refractivity contribution in [1.82, 2.24) is 9.80 Å². The minimum Gasteiger partial charge on any atom is -0.338 e. The van der Waals surface area contributed by atoms with Gasteiger partial charge in [-0.3, -0.25) is 4.79 Å². The molecular formula is C17H23FN2O. The lowest BCUT2D eigenvalue weighted by molar-refractivity contribution is -0.132. The summed E-state index contributed by atoms with van der Waals surface area (Å²) in [5.41, 5.74) is 0.769. The minimum atomic E-state index is -0.270. The Balaban J connectivity index is 1.68. The number of halogens is 1. The molecule has 2 aliphatic rings. The highest BCUT2D eigenvalue weighted by atomic mass is 19.1. The van der Waals surface area contributed by atoms with E-state index in [1.54, 1.807) is 6.07 Å². The number of amides is 1. The second-order valence-corrected chi connectivity index (χ2v) is 6.29. The van der Waals surface area contributed by atoms with Crippen LogP contribution in [0.15, 0.2) is 24.3 Å². The van der Waals surface area contributed by atoms with Crippen molar-refractivity contribution in [1.29, 1.82) is 0 Å². The molecule has 0 radical (unpaired) electrons. The predicted octanol–water partition coefficient (Wildman–Crippen LogP) is 2.45. The van der Waals surface area contributed by atoms with Crippen molar-refractivity contribution < 1.29 is 9.18 Å². The molecule has 2 heterocycles. The van der Waals surface area contributed by atoms with Gasteiger partial charge in [-0.1, -0.05) is 12.1 Å². The van der Waals surface area contributed by atoms with E-state index < -0.39 is 0 Å². The zero-order valence-corrected chi connectivity index (χ0v) is 12.6. The number of carbonyl (C=O) groups excluding carboxylic acids is 1. The topological polar surface area (TPSA) is 23.6 Å². The fourth-order valence-electron chi connectivity index (χ4n) is 3.85. The quantitative estimate of drug-likeness (QED) is 0.854. The summed E-state index contributed by atoms with van der Waals surface area (Å²) in [6, 6.07) is 7.23. The lowest BCUT2D eigenvalue weighted by Crippen LogP contribution is -2.47. The molecule has 0 unspecified atom stereocenters. The first-order chi connectivity index (χ1) is 10.1. The van der Waals surface area contributed by atoms with Crippen LogP contribution >= 0.6 is 0 Å². The smallest absolute Gasteiger partial charge is 0.227 e. The molecule has 0 bridgehead atoms. The fourth-order valence-corrected chi connectivity index (χ4v) is 3.85. The summed E-state index contributed by atoms with van der Waals surface area (Å²) in [4.78, 5) is 17.0. The van der Waals surface area contributed by atoms with E-state index in [-0.39, 0.29) is 11.7 Å². The summed E-state index contributed by atoms with van der Waals surface area (Å²) in [5, 5.41) is 0. The van der Waals surface area contributed by atoms with Crippen LogP contribution in [0.1, 0.15) is 31.2 Å². The van der Waals surface area contributed by atoms with Crippen molar-refractivity contribution in [3.05, 3.63) is 35.6 Å². The molecular weight excluding hydrogens is 267 g/mol. The third-order valence-corrected chi connectivity index (χ3v) is 4.88. The maximum Gasteiger partial charge on any atom is 0.227 e. The molecule has 1 aromatic carbocycles. The Labute approximate surface area is 125 Å². The van der Waals surface area contributed by atoms with E-state index in [1.165, 1.54) is 25.0 Å². The number of likely N-dealkylation sites (tertiary alicyclic amines) is 2. The molecule has 4 heteroatoms. The number of carbonyl (C=O) groups is 1. The van der Waals surface area contributed by atoms with Gasteiger partial charge in [0.2, 0.25) is 5.91 Å². The molecule has 114 valence electrons. The van der Waals surface area contributed by atoms with Gasteiger partial charge in [-0.25, -0.2) is 4.39 Å². The molecule has 0 N–H and O–H groups in total. The van der Waals surface area contributed by atoms with E-state index in [0.717, 1.165) is 31.5 Å². The van der Waals surface area contributed by atoms with Crippen LogP contribution in [0.25, 0.3) is 0 Å². The van der Waals surface area contributed by atoms with Crippen LogP contribution in [-0.2, 0) is 11.2 Å². The Morgan fingerprint density at radius 1 is 1.24 bits per heavy atom. The van der Waals surface area contributed by atoms with Crippen LogP contribution in [0.2, 0.25) is 0 Å². The maximum atomic E-state index is 13.2. The van der Waals surface area contributed by atoms with Gasteiger partial charge >= 0.3 is 0 Å². The summed E-state index contributed by atoms with van der Waals surface area (Å²) in [7, 11) is 2.16. The van der Waals surface area contributed by atoms with Crippen LogP contribution in [0.4, 0.5) is 4.39 Å². The molecule has 2 aliphatic heterocycles. The average Bonchev–Trinajstić information content (AvgIpc) is 3.06. The van der Waals surface area contributed by atoms with Gasteiger partial charge in [0.1, 0.15) is 5.82 Å². The highest BCUT2D eigenvalue weighted by Gasteiger charge is 2.38. The number of benzene rings is 1.